The van der Waals surface area contributed by atoms with Crippen LogP contribution in [0.25, 0.3) is 5.57 Å². The van der Waals surface area contributed by atoms with Gasteiger partial charge in [0.25, 0.3) is 0 Å². The molecular formula is C20H34. The van der Waals surface area contributed by atoms with E-state index in [2.05, 4.69) is 64.6 Å². The van der Waals surface area contributed by atoms with Gasteiger partial charge in [0.05, 0.1) is 0 Å². The van der Waals surface area contributed by atoms with Crippen LogP contribution < -0.4 is 0 Å². The normalized spacial score (nSPS) is 9.80. The van der Waals surface area contributed by atoms with Crippen LogP contribution in [0.15, 0.2) is 48.6 Å². The molecule has 0 atom stereocenters. The number of hydrogen-bond acceptors (Lipinski definition) is 0. The van der Waals surface area contributed by atoms with Gasteiger partial charge in [-0.1, -0.05) is 97.4 Å². The highest BCUT2D eigenvalue weighted by Crippen LogP contribution is 2.24. The summed E-state index contributed by atoms with van der Waals surface area (Å²) in [4.78, 5) is 0. The van der Waals surface area contributed by atoms with E-state index in [9.17, 15) is 0 Å². The van der Waals surface area contributed by atoms with Gasteiger partial charge in [-0.05, 0) is 29.6 Å². The number of allylic oxidation sites excluding steroid dienone is 3. The standard InChI is InChI=1S/C14H18.C4H10.C2H6/c1-4-9-14(12(3)5-2)13-10-7-6-8-11-13;1-3-4-2;1-2/h6-11H,3-5H2,1-2H3;3-4H2,1-2H3;1-2H3/b14-9+;;. The summed E-state index contributed by atoms with van der Waals surface area (Å²) < 4.78 is 0. The summed E-state index contributed by atoms with van der Waals surface area (Å²) in [7, 11) is 0. The Morgan fingerprint density at radius 2 is 1.45 bits per heavy atom. The van der Waals surface area contributed by atoms with Crippen LogP contribution in [0.3, 0.4) is 0 Å². The molecule has 0 aliphatic carbocycles. The van der Waals surface area contributed by atoms with Gasteiger partial charge < -0.3 is 0 Å². The lowest BCUT2D eigenvalue weighted by molar-refractivity contribution is 0.886. The maximum atomic E-state index is 4.10. The third-order valence-electron chi connectivity index (χ3n) is 2.80. The molecule has 114 valence electrons. The Kier molecular flexibility index (Phi) is 16.5. The quantitative estimate of drug-likeness (QED) is 0.495. The lowest BCUT2D eigenvalue weighted by Gasteiger charge is -2.09. The zero-order valence-electron chi connectivity index (χ0n) is 14.5. The van der Waals surface area contributed by atoms with E-state index in [1.165, 1.54) is 29.6 Å². The molecule has 1 rings (SSSR count). The van der Waals surface area contributed by atoms with Crippen LogP contribution in [-0.2, 0) is 0 Å². The Morgan fingerprint density at radius 3 is 1.80 bits per heavy atom. The average molecular weight is 274 g/mol. The third kappa shape index (κ3) is 9.61. The van der Waals surface area contributed by atoms with Gasteiger partial charge in [-0.2, -0.15) is 0 Å². The Morgan fingerprint density at radius 1 is 0.950 bits per heavy atom. The first kappa shape index (κ1) is 21.0. The molecule has 0 amide bonds. The van der Waals surface area contributed by atoms with Crippen molar-refractivity contribution in [2.75, 3.05) is 0 Å². The Balaban J connectivity index is 0. The van der Waals surface area contributed by atoms with Crippen molar-refractivity contribution < 1.29 is 0 Å². The van der Waals surface area contributed by atoms with Gasteiger partial charge >= 0.3 is 0 Å². The van der Waals surface area contributed by atoms with E-state index in [0.717, 1.165) is 12.8 Å². The van der Waals surface area contributed by atoms with Crippen LogP contribution in [0.1, 0.15) is 72.8 Å². The van der Waals surface area contributed by atoms with Crippen molar-refractivity contribution in [3.8, 4) is 0 Å². The second-order valence-electron chi connectivity index (χ2n) is 4.35. The molecule has 0 aromatic heterocycles. The van der Waals surface area contributed by atoms with E-state index >= 15 is 0 Å². The maximum absolute atomic E-state index is 4.10. The maximum Gasteiger partial charge on any atom is -0.0185 e. The summed E-state index contributed by atoms with van der Waals surface area (Å²) in [5.41, 5.74) is 3.80. The largest absolute Gasteiger partial charge is 0.0952 e. The van der Waals surface area contributed by atoms with E-state index < -0.39 is 0 Å². The van der Waals surface area contributed by atoms with Crippen molar-refractivity contribution in [3.63, 3.8) is 0 Å². The van der Waals surface area contributed by atoms with Crippen LogP contribution in [0.2, 0.25) is 0 Å². The minimum atomic E-state index is 1.01. The summed E-state index contributed by atoms with van der Waals surface area (Å²) >= 11 is 0. The molecule has 0 heteroatoms. The van der Waals surface area contributed by atoms with E-state index in [4.69, 9.17) is 0 Å². The van der Waals surface area contributed by atoms with Gasteiger partial charge in [-0.25, -0.2) is 0 Å². The molecule has 1 aromatic carbocycles. The average Bonchev–Trinajstić information content (AvgIpc) is 2.54. The smallest absolute Gasteiger partial charge is 0.0185 e. The van der Waals surface area contributed by atoms with Crippen LogP contribution in [0.5, 0.6) is 0 Å². The zero-order chi connectivity index (χ0) is 15.8. The predicted octanol–water partition coefficient (Wildman–Crippen LogP) is 7.28. The lowest BCUT2D eigenvalue weighted by Crippen LogP contribution is -1.87. The third-order valence-corrected chi connectivity index (χ3v) is 2.80. The Hall–Kier alpha value is -1.30. The van der Waals surface area contributed by atoms with Crippen molar-refractivity contribution in [1.82, 2.24) is 0 Å². The summed E-state index contributed by atoms with van der Waals surface area (Å²) in [5, 5.41) is 0. The van der Waals surface area contributed by atoms with Gasteiger partial charge in [0.1, 0.15) is 0 Å². The Bertz CT molecular complexity index is 342. The highest BCUT2D eigenvalue weighted by molar-refractivity contribution is 5.78. The van der Waals surface area contributed by atoms with Crippen molar-refractivity contribution >= 4 is 5.57 Å². The van der Waals surface area contributed by atoms with Crippen molar-refractivity contribution in [1.29, 1.82) is 0 Å². The van der Waals surface area contributed by atoms with Gasteiger partial charge in [0.15, 0.2) is 0 Å². The monoisotopic (exact) mass is 274 g/mol. The van der Waals surface area contributed by atoms with Gasteiger partial charge in [0.2, 0.25) is 0 Å². The number of unbranched alkanes of at least 4 members (excludes halogenated alkanes) is 1. The van der Waals surface area contributed by atoms with Gasteiger partial charge in [-0.3, -0.25) is 0 Å². The van der Waals surface area contributed by atoms with Crippen LogP contribution in [0.4, 0.5) is 0 Å². The molecule has 0 nitrogen and oxygen atoms in total. The molecule has 0 heterocycles. The molecule has 0 unspecified atom stereocenters. The molecule has 0 N–H and O–H groups in total. The summed E-state index contributed by atoms with van der Waals surface area (Å²) in [5.74, 6) is 0. The summed E-state index contributed by atoms with van der Waals surface area (Å²) in [6.45, 7) is 16.8. The first-order valence-corrected chi connectivity index (χ1v) is 8.14. The molecule has 0 aliphatic heterocycles. The molecule has 1 aromatic rings. The van der Waals surface area contributed by atoms with E-state index in [0.29, 0.717) is 0 Å². The lowest BCUT2D eigenvalue weighted by atomic mass is 9.96. The predicted molar refractivity (Wildman–Crippen MR) is 96.1 cm³/mol. The molecule has 0 saturated heterocycles. The fourth-order valence-electron chi connectivity index (χ4n) is 1.48. The van der Waals surface area contributed by atoms with Crippen molar-refractivity contribution in [3.05, 3.63) is 54.1 Å². The summed E-state index contributed by atoms with van der Waals surface area (Å²) in [6.07, 6.45) is 6.96. The van der Waals surface area contributed by atoms with E-state index in [1.807, 2.05) is 19.9 Å². The molecule has 0 saturated carbocycles. The highest BCUT2D eigenvalue weighted by Gasteiger charge is 2.02. The molecule has 0 bridgehead atoms. The first-order chi connectivity index (χ1) is 9.71. The van der Waals surface area contributed by atoms with Crippen LogP contribution >= 0.6 is 0 Å². The summed E-state index contributed by atoms with van der Waals surface area (Å²) in [6, 6.07) is 10.5. The van der Waals surface area contributed by atoms with E-state index in [-0.39, 0.29) is 0 Å². The van der Waals surface area contributed by atoms with Crippen LogP contribution in [-0.4, -0.2) is 0 Å². The van der Waals surface area contributed by atoms with Gasteiger partial charge in [0, 0.05) is 0 Å². The zero-order valence-corrected chi connectivity index (χ0v) is 14.5. The minimum absolute atomic E-state index is 1.01. The second kappa shape index (κ2) is 15.8. The van der Waals surface area contributed by atoms with Crippen LogP contribution in [0, 0.1) is 0 Å². The molecule has 0 radical (unpaired) electrons. The molecule has 20 heavy (non-hydrogen) atoms. The van der Waals surface area contributed by atoms with Crippen molar-refractivity contribution in [2.24, 2.45) is 0 Å². The highest BCUT2D eigenvalue weighted by atomic mass is 14.1. The first-order valence-electron chi connectivity index (χ1n) is 8.14. The minimum Gasteiger partial charge on any atom is -0.0952 e. The topological polar surface area (TPSA) is 0 Å². The SMILES string of the molecule is C=C(CC)/C(=C\CC)c1ccccc1.CC.CCCC. The number of benzene rings is 1. The van der Waals surface area contributed by atoms with E-state index in [1.54, 1.807) is 0 Å². The fourth-order valence-corrected chi connectivity index (χ4v) is 1.48. The molecule has 0 spiro atoms. The Labute approximate surface area is 127 Å². The van der Waals surface area contributed by atoms with Crippen molar-refractivity contribution in [2.45, 2.75) is 67.2 Å². The molecule has 0 aliphatic rings. The molecular weight excluding hydrogens is 240 g/mol. The van der Waals surface area contributed by atoms with Gasteiger partial charge in [-0.15, -0.1) is 0 Å². The molecule has 0 fully saturated rings. The fraction of sp³-hybridized carbons (Fsp3) is 0.500. The number of hydrogen-bond donors (Lipinski definition) is 0. The second-order valence-corrected chi connectivity index (χ2v) is 4.35. The number of rotatable bonds is 5.